The first-order chi connectivity index (χ1) is 5.06. The lowest BCUT2D eigenvalue weighted by molar-refractivity contribution is 0.0619. The highest BCUT2D eigenvalue weighted by Crippen LogP contribution is 1.96. The van der Waals surface area contributed by atoms with Crippen molar-refractivity contribution in [3.63, 3.8) is 0 Å². The third-order valence-electron chi connectivity index (χ3n) is 1.14. The van der Waals surface area contributed by atoms with Crippen LogP contribution in [0.1, 0.15) is 19.3 Å². The van der Waals surface area contributed by atoms with Crippen LogP contribution in [0.2, 0.25) is 0 Å². The van der Waals surface area contributed by atoms with Crippen LogP contribution in [0.15, 0.2) is 0 Å². The number of rotatable bonds is 6. The Kier molecular flexibility index (Phi) is 5.65. The molecule has 0 aromatic rings. The molecule has 0 aromatic carbocycles. The van der Waals surface area contributed by atoms with Crippen molar-refractivity contribution in [3.8, 4) is 0 Å². The first kappa shape index (κ1) is 11.0. The van der Waals surface area contributed by atoms with E-state index < -0.39 is 9.05 Å². The number of hydrogen-bond donors (Lipinski definition) is 4. The predicted molar refractivity (Wildman–Crippen MR) is 41.3 cm³/mol. The van der Waals surface area contributed by atoms with Gasteiger partial charge in [-0.05, 0) is 25.8 Å². The molecule has 0 rings (SSSR count). The zero-order chi connectivity index (χ0) is 8.74. The van der Waals surface area contributed by atoms with E-state index >= 15 is 0 Å². The van der Waals surface area contributed by atoms with E-state index in [-0.39, 0.29) is 6.61 Å². The molecule has 0 atom stereocenters. The first-order valence-corrected chi connectivity index (χ1v) is 5.32. The van der Waals surface area contributed by atoms with Gasteiger partial charge in [-0.1, -0.05) is 0 Å². The van der Waals surface area contributed by atoms with Crippen molar-refractivity contribution in [2.24, 2.45) is 5.73 Å². The molecule has 0 fully saturated rings. The Bertz CT molecular complexity index is 95.0. The van der Waals surface area contributed by atoms with Gasteiger partial charge < -0.3 is 24.5 Å². The van der Waals surface area contributed by atoms with E-state index in [0.717, 1.165) is 12.8 Å². The zero-order valence-electron chi connectivity index (χ0n) is 6.36. The molecule has 68 valence electrons. The minimum Gasteiger partial charge on any atom is -0.368 e. The molecule has 0 spiro atoms. The second kappa shape index (κ2) is 5.64. The highest BCUT2D eigenvalue weighted by Gasteiger charge is 2.29. The summed E-state index contributed by atoms with van der Waals surface area (Å²) in [5, 5.41) is 0. The normalized spacial score (nSPS) is 12.0. The maximum absolute atomic E-state index is 8.38. The molecule has 0 aliphatic carbocycles. The van der Waals surface area contributed by atoms with Crippen molar-refractivity contribution in [1.82, 2.24) is 0 Å². The SMILES string of the molecule is NCCCCCO[Si](O)(O)O. The van der Waals surface area contributed by atoms with Crippen LogP contribution >= 0.6 is 0 Å². The molecule has 0 aliphatic heterocycles. The van der Waals surface area contributed by atoms with Gasteiger partial charge in [0.1, 0.15) is 0 Å². The zero-order valence-corrected chi connectivity index (χ0v) is 7.36. The highest BCUT2D eigenvalue weighted by atomic mass is 28.4. The summed E-state index contributed by atoms with van der Waals surface area (Å²) in [6.07, 6.45) is 2.45. The van der Waals surface area contributed by atoms with E-state index in [1.807, 2.05) is 0 Å². The Morgan fingerprint density at radius 3 is 2.18 bits per heavy atom. The van der Waals surface area contributed by atoms with E-state index in [9.17, 15) is 0 Å². The van der Waals surface area contributed by atoms with Gasteiger partial charge in [-0.15, -0.1) is 0 Å². The van der Waals surface area contributed by atoms with Gasteiger partial charge in [0.05, 0.1) is 0 Å². The molecule has 0 saturated heterocycles. The molecule has 11 heavy (non-hydrogen) atoms. The second-order valence-electron chi connectivity index (χ2n) is 2.27. The second-order valence-corrected chi connectivity index (χ2v) is 3.71. The first-order valence-electron chi connectivity index (χ1n) is 3.57. The fourth-order valence-corrected chi connectivity index (χ4v) is 1.05. The summed E-state index contributed by atoms with van der Waals surface area (Å²) in [4.78, 5) is 25.1. The molecule has 0 bridgehead atoms. The van der Waals surface area contributed by atoms with Gasteiger partial charge in [0, 0.05) is 6.61 Å². The molecule has 0 unspecified atom stereocenters. The van der Waals surface area contributed by atoms with Gasteiger partial charge >= 0.3 is 9.05 Å². The smallest absolute Gasteiger partial charge is 0.368 e. The summed E-state index contributed by atoms with van der Waals surface area (Å²) < 4.78 is 4.34. The molecule has 0 heterocycles. The molecule has 6 heteroatoms. The average Bonchev–Trinajstić information content (AvgIpc) is 1.85. The fraction of sp³-hybridized carbons (Fsp3) is 1.00. The fourth-order valence-electron chi connectivity index (χ4n) is 0.632. The molecule has 0 aliphatic rings. The van der Waals surface area contributed by atoms with Gasteiger partial charge in [0.25, 0.3) is 0 Å². The van der Waals surface area contributed by atoms with Crippen LogP contribution in [0, 0.1) is 0 Å². The summed E-state index contributed by atoms with van der Waals surface area (Å²) >= 11 is 0. The van der Waals surface area contributed by atoms with E-state index in [4.69, 9.17) is 20.1 Å². The van der Waals surface area contributed by atoms with Gasteiger partial charge in [-0.25, -0.2) is 0 Å². The largest absolute Gasteiger partial charge is 0.671 e. The van der Waals surface area contributed by atoms with Crippen LogP contribution in [0.3, 0.4) is 0 Å². The van der Waals surface area contributed by atoms with Crippen LogP contribution in [0.4, 0.5) is 0 Å². The van der Waals surface area contributed by atoms with Crippen molar-refractivity contribution < 1.29 is 18.8 Å². The van der Waals surface area contributed by atoms with E-state index in [2.05, 4.69) is 4.43 Å². The third kappa shape index (κ3) is 10.0. The molecule has 0 amide bonds. The topological polar surface area (TPSA) is 95.9 Å². The lowest BCUT2D eigenvalue weighted by Gasteiger charge is -2.08. The van der Waals surface area contributed by atoms with Gasteiger partial charge in [0.15, 0.2) is 0 Å². The summed E-state index contributed by atoms with van der Waals surface area (Å²) in [7, 11) is -4.25. The van der Waals surface area contributed by atoms with E-state index in [1.54, 1.807) is 0 Å². The van der Waals surface area contributed by atoms with E-state index in [1.165, 1.54) is 0 Å². The highest BCUT2D eigenvalue weighted by molar-refractivity contribution is 6.48. The monoisotopic (exact) mass is 181 g/mol. The predicted octanol–water partition coefficient (Wildman–Crippen LogP) is -1.46. The molecule has 0 saturated carbocycles. The van der Waals surface area contributed by atoms with Crippen molar-refractivity contribution >= 4 is 9.05 Å². The van der Waals surface area contributed by atoms with E-state index in [0.29, 0.717) is 13.0 Å². The molecule has 5 nitrogen and oxygen atoms in total. The third-order valence-corrected chi connectivity index (χ3v) is 1.74. The minimum atomic E-state index is -4.25. The minimum absolute atomic E-state index is 0.176. The Morgan fingerprint density at radius 2 is 1.73 bits per heavy atom. The Labute approximate surface area is 66.9 Å². The summed E-state index contributed by atoms with van der Waals surface area (Å²) in [6, 6.07) is 0. The number of hydrogen-bond acceptors (Lipinski definition) is 5. The van der Waals surface area contributed by atoms with Gasteiger partial charge in [0.2, 0.25) is 0 Å². The molecular formula is C5H15NO4Si. The van der Waals surface area contributed by atoms with Crippen LogP contribution in [-0.4, -0.2) is 36.6 Å². The lowest BCUT2D eigenvalue weighted by atomic mass is 10.2. The summed E-state index contributed by atoms with van der Waals surface area (Å²) in [6.45, 7) is 0.801. The molecule has 0 radical (unpaired) electrons. The maximum Gasteiger partial charge on any atom is 0.671 e. The van der Waals surface area contributed by atoms with Crippen molar-refractivity contribution in [2.45, 2.75) is 19.3 Å². The van der Waals surface area contributed by atoms with Gasteiger partial charge in [-0.2, -0.15) is 0 Å². The summed E-state index contributed by atoms with van der Waals surface area (Å²) in [5.74, 6) is 0. The number of nitrogens with two attached hydrogens (primary N) is 1. The Hall–Kier alpha value is 0.0169. The molecule has 0 aromatic heterocycles. The van der Waals surface area contributed by atoms with Crippen LogP contribution in [0.5, 0.6) is 0 Å². The van der Waals surface area contributed by atoms with Crippen molar-refractivity contribution in [1.29, 1.82) is 0 Å². The maximum atomic E-state index is 8.38. The molecular weight excluding hydrogens is 166 g/mol. The van der Waals surface area contributed by atoms with Crippen LogP contribution in [-0.2, 0) is 4.43 Å². The quantitative estimate of drug-likeness (QED) is 0.297. The van der Waals surface area contributed by atoms with Gasteiger partial charge in [-0.3, -0.25) is 0 Å². The number of unbranched alkanes of at least 4 members (excludes halogenated alkanes) is 2. The Balaban J connectivity index is 3.02. The average molecular weight is 181 g/mol. The van der Waals surface area contributed by atoms with Crippen LogP contribution in [0.25, 0.3) is 0 Å². The lowest BCUT2D eigenvalue weighted by Crippen LogP contribution is -2.39. The standard InChI is InChI=1S/C5H15NO4Si/c6-4-2-1-3-5-10-11(7,8)9/h7-9H,1-6H2. The van der Waals surface area contributed by atoms with Crippen LogP contribution < -0.4 is 5.73 Å². The van der Waals surface area contributed by atoms with Crippen molar-refractivity contribution in [3.05, 3.63) is 0 Å². The van der Waals surface area contributed by atoms with Crippen molar-refractivity contribution in [2.75, 3.05) is 13.2 Å². The summed E-state index contributed by atoms with van der Waals surface area (Å²) in [5.41, 5.74) is 5.22. The Morgan fingerprint density at radius 1 is 1.09 bits per heavy atom. The molecule has 5 N–H and O–H groups in total.